The maximum atomic E-state index is 11.7. The van der Waals surface area contributed by atoms with Crippen molar-refractivity contribution in [3.05, 3.63) is 42.3 Å². The molecule has 1 aromatic carbocycles. The van der Waals surface area contributed by atoms with Crippen LogP contribution in [0.5, 0.6) is 0 Å². The third-order valence-electron chi connectivity index (χ3n) is 2.91. The summed E-state index contributed by atoms with van der Waals surface area (Å²) in [5, 5.41) is 3.06. The molecule has 1 amide bonds. The fourth-order valence-electron chi connectivity index (χ4n) is 2.04. The molecule has 1 aliphatic carbocycles. The Morgan fingerprint density at radius 3 is 2.53 bits per heavy atom. The monoisotopic (exact) mass is 230 g/mol. The molecule has 1 fully saturated rings. The van der Waals surface area contributed by atoms with E-state index in [1.807, 2.05) is 39.0 Å². The standard InChI is InChI=1S/C15H20NO/c1-15(2,3)10-14(17)16-13-9-12(13)11-7-5-4-6-8-11/h4-8,10,12-13H,9H2,1-3H3,(H,16,17)/t12-,13-/m0/s1. The molecule has 0 heterocycles. The van der Waals surface area contributed by atoms with Crippen LogP contribution in [0.25, 0.3) is 0 Å². The van der Waals surface area contributed by atoms with Gasteiger partial charge in [0, 0.05) is 12.0 Å². The summed E-state index contributed by atoms with van der Waals surface area (Å²) >= 11 is 0. The average Bonchev–Trinajstić information content (AvgIpc) is 2.95. The highest BCUT2D eigenvalue weighted by atomic mass is 16.1. The molecule has 2 nitrogen and oxygen atoms in total. The average molecular weight is 230 g/mol. The van der Waals surface area contributed by atoms with Gasteiger partial charge in [-0.05, 0) is 17.4 Å². The minimum Gasteiger partial charge on any atom is -0.352 e. The lowest BCUT2D eigenvalue weighted by atomic mass is 9.92. The molecular weight excluding hydrogens is 210 g/mol. The van der Waals surface area contributed by atoms with Gasteiger partial charge in [-0.3, -0.25) is 4.79 Å². The highest BCUT2D eigenvalue weighted by Crippen LogP contribution is 2.40. The van der Waals surface area contributed by atoms with Crippen molar-refractivity contribution in [3.8, 4) is 0 Å². The van der Waals surface area contributed by atoms with E-state index in [0.29, 0.717) is 12.0 Å². The van der Waals surface area contributed by atoms with Crippen LogP contribution in [0.3, 0.4) is 0 Å². The second kappa shape index (κ2) is 4.52. The number of nitrogens with one attached hydrogen (secondary N) is 1. The highest BCUT2D eigenvalue weighted by Gasteiger charge is 2.39. The first-order valence-corrected chi connectivity index (χ1v) is 6.17. The van der Waals surface area contributed by atoms with Crippen molar-refractivity contribution in [2.75, 3.05) is 0 Å². The third-order valence-corrected chi connectivity index (χ3v) is 2.91. The van der Waals surface area contributed by atoms with Crippen molar-refractivity contribution >= 4 is 5.91 Å². The summed E-state index contributed by atoms with van der Waals surface area (Å²) in [6.45, 7) is 6.11. The zero-order chi connectivity index (χ0) is 12.5. The minimum atomic E-state index is -0.0543. The molecule has 2 heteroatoms. The molecule has 0 bridgehead atoms. The van der Waals surface area contributed by atoms with Gasteiger partial charge in [-0.15, -0.1) is 0 Å². The number of rotatable bonds is 3. The first-order valence-electron chi connectivity index (χ1n) is 6.17. The van der Waals surface area contributed by atoms with Gasteiger partial charge in [0.25, 0.3) is 0 Å². The Kier molecular flexibility index (Phi) is 3.23. The molecule has 1 saturated carbocycles. The Morgan fingerprint density at radius 1 is 1.29 bits per heavy atom. The summed E-state index contributed by atoms with van der Waals surface area (Å²) in [5.41, 5.74) is 1.27. The van der Waals surface area contributed by atoms with Crippen LogP contribution in [0.2, 0.25) is 0 Å². The van der Waals surface area contributed by atoms with Gasteiger partial charge in [-0.2, -0.15) is 0 Å². The third kappa shape index (κ3) is 3.58. The first-order chi connectivity index (χ1) is 7.96. The van der Waals surface area contributed by atoms with Crippen molar-refractivity contribution < 1.29 is 4.79 Å². The van der Waals surface area contributed by atoms with E-state index in [2.05, 4.69) is 17.4 Å². The lowest BCUT2D eigenvalue weighted by Gasteiger charge is -2.16. The normalized spacial score (nSPS) is 23.2. The predicted molar refractivity (Wildman–Crippen MR) is 69.5 cm³/mol. The molecule has 1 aromatic rings. The summed E-state index contributed by atoms with van der Waals surface area (Å²) in [4.78, 5) is 11.7. The van der Waals surface area contributed by atoms with E-state index in [1.165, 1.54) is 5.56 Å². The molecular formula is C15H20NO. The number of hydrogen-bond donors (Lipinski definition) is 1. The Labute approximate surface area is 103 Å². The SMILES string of the molecule is CC(C)(C)[CH]C(=O)N[C@H]1C[C@H]1c1ccccc1. The maximum Gasteiger partial charge on any atom is 0.224 e. The molecule has 0 spiro atoms. The predicted octanol–water partition coefficient (Wildman–Crippen LogP) is 2.91. The van der Waals surface area contributed by atoms with Crippen LogP contribution in [-0.2, 0) is 4.79 Å². The molecule has 91 valence electrons. The van der Waals surface area contributed by atoms with Crippen LogP contribution in [0.15, 0.2) is 30.3 Å². The Bertz CT molecular complexity index is 391. The van der Waals surface area contributed by atoms with E-state index in [-0.39, 0.29) is 11.3 Å². The van der Waals surface area contributed by atoms with Crippen molar-refractivity contribution in [1.29, 1.82) is 0 Å². The summed E-state index contributed by atoms with van der Waals surface area (Å²) < 4.78 is 0. The van der Waals surface area contributed by atoms with Gasteiger partial charge in [-0.25, -0.2) is 0 Å². The van der Waals surface area contributed by atoms with Crippen LogP contribution in [0, 0.1) is 11.8 Å². The lowest BCUT2D eigenvalue weighted by Crippen LogP contribution is -2.30. The number of hydrogen-bond acceptors (Lipinski definition) is 1. The molecule has 17 heavy (non-hydrogen) atoms. The van der Waals surface area contributed by atoms with Crippen LogP contribution in [-0.4, -0.2) is 11.9 Å². The summed E-state index contributed by atoms with van der Waals surface area (Å²) in [6, 6.07) is 10.7. The molecule has 1 aliphatic rings. The highest BCUT2D eigenvalue weighted by molar-refractivity contribution is 5.86. The number of carbonyl (C=O) groups excluding carboxylic acids is 1. The molecule has 0 aliphatic heterocycles. The summed E-state index contributed by atoms with van der Waals surface area (Å²) in [5.74, 6) is 0.564. The van der Waals surface area contributed by atoms with Crippen molar-refractivity contribution in [2.24, 2.45) is 5.41 Å². The van der Waals surface area contributed by atoms with E-state index in [0.717, 1.165) is 6.42 Å². The molecule has 2 atom stereocenters. The van der Waals surface area contributed by atoms with Gasteiger partial charge in [0.15, 0.2) is 0 Å². The van der Waals surface area contributed by atoms with Gasteiger partial charge < -0.3 is 5.32 Å². The van der Waals surface area contributed by atoms with Gasteiger partial charge in [0.05, 0.1) is 6.42 Å². The quantitative estimate of drug-likeness (QED) is 0.850. The number of amides is 1. The van der Waals surface area contributed by atoms with Crippen LogP contribution in [0.1, 0.15) is 38.7 Å². The minimum absolute atomic E-state index is 0.0543. The molecule has 1 N–H and O–H groups in total. The maximum absolute atomic E-state index is 11.7. The molecule has 1 radical (unpaired) electrons. The molecule has 0 aromatic heterocycles. The Morgan fingerprint density at radius 2 is 1.94 bits per heavy atom. The topological polar surface area (TPSA) is 29.1 Å². The van der Waals surface area contributed by atoms with Crippen LogP contribution >= 0.6 is 0 Å². The van der Waals surface area contributed by atoms with Crippen molar-refractivity contribution in [2.45, 2.75) is 39.2 Å². The smallest absolute Gasteiger partial charge is 0.224 e. The number of carbonyl (C=O) groups is 1. The van der Waals surface area contributed by atoms with Crippen molar-refractivity contribution in [3.63, 3.8) is 0 Å². The molecule has 2 rings (SSSR count). The fraction of sp³-hybridized carbons (Fsp3) is 0.467. The lowest BCUT2D eigenvalue weighted by molar-refractivity contribution is -0.119. The van der Waals surface area contributed by atoms with E-state index < -0.39 is 0 Å². The van der Waals surface area contributed by atoms with E-state index >= 15 is 0 Å². The largest absolute Gasteiger partial charge is 0.352 e. The summed E-state index contributed by atoms with van der Waals surface area (Å²) in [7, 11) is 0. The van der Waals surface area contributed by atoms with E-state index in [4.69, 9.17) is 0 Å². The van der Waals surface area contributed by atoms with E-state index in [9.17, 15) is 4.79 Å². The second-order valence-electron chi connectivity index (χ2n) is 5.88. The Balaban J connectivity index is 1.83. The van der Waals surface area contributed by atoms with Crippen molar-refractivity contribution in [1.82, 2.24) is 5.32 Å². The zero-order valence-electron chi connectivity index (χ0n) is 10.7. The molecule has 0 unspecified atom stereocenters. The second-order valence-corrected chi connectivity index (χ2v) is 5.88. The van der Waals surface area contributed by atoms with Crippen LogP contribution < -0.4 is 5.32 Å². The Hall–Kier alpha value is -1.31. The van der Waals surface area contributed by atoms with Crippen LogP contribution in [0.4, 0.5) is 0 Å². The molecule has 0 saturated heterocycles. The zero-order valence-corrected chi connectivity index (χ0v) is 10.7. The van der Waals surface area contributed by atoms with E-state index in [1.54, 1.807) is 6.42 Å². The first kappa shape index (κ1) is 12.2. The number of benzene rings is 1. The van der Waals surface area contributed by atoms with Gasteiger partial charge in [0.2, 0.25) is 5.91 Å². The van der Waals surface area contributed by atoms with Gasteiger partial charge >= 0.3 is 0 Å². The fourth-order valence-corrected chi connectivity index (χ4v) is 2.04. The van der Waals surface area contributed by atoms with Gasteiger partial charge in [0.1, 0.15) is 0 Å². The van der Waals surface area contributed by atoms with Gasteiger partial charge in [-0.1, -0.05) is 51.1 Å². The summed E-state index contributed by atoms with van der Waals surface area (Å²) in [6.07, 6.45) is 2.82.